The average molecular weight is 536 g/mol. The number of hydrogen-bond acceptors (Lipinski definition) is 5. The van der Waals surface area contributed by atoms with E-state index in [9.17, 15) is 23.5 Å². The Kier molecular flexibility index (Phi) is 6.50. The normalized spacial score (nSPS) is 16.8. The second kappa shape index (κ2) is 9.79. The standard InChI is InChI=1S/C29H20ClF2NO5/c1-37-23-14-20(30)24(38-2)13-19(23)27(34)25-26(18-9-5-7-15-6-3-4-8-17(15)18)33(29(36)28(25)35)16-10-11-21(31)22(32)12-16/h3-14,26,34H,1-2H3/b27-25+. The highest BCUT2D eigenvalue weighted by Crippen LogP contribution is 2.46. The van der Waals surface area contributed by atoms with E-state index in [0.29, 0.717) is 10.9 Å². The van der Waals surface area contributed by atoms with Crippen LogP contribution in [0.5, 0.6) is 11.5 Å². The predicted octanol–water partition coefficient (Wildman–Crippen LogP) is 6.41. The largest absolute Gasteiger partial charge is 0.507 e. The van der Waals surface area contributed by atoms with E-state index in [1.807, 2.05) is 24.3 Å². The van der Waals surface area contributed by atoms with Crippen molar-refractivity contribution in [3.8, 4) is 11.5 Å². The number of rotatable bonds is 5. The summed E-state index contributed by atoms with van der Waals surface area (Å²) in [6, 6.07) is 17.1. The molecule has 0 spiro atoms. The Morgan fingerprint density at radius 2 is 1.61 bits per heavy atom. The summed E-state index contributed by atoms with van der Waals surface area (Å²) in [5.74, 6) is -4.54. The van der Waals surface area contributed by atoms with Crippen LogP contribution in [-0.4, -0.2) is 31.0 Å². The van der Waals surface area contributed by atoms with E-state index < -0.39 is 35.1 Å². The molecule has 0 aromatic heterocycles. The van der Waals surface area contributed by atoms with Crippen LogP contribution in [0.4, 0.5) is 14.5 Å². The number of benzene rings is 4. The molecule has 4 aromatic carbocycles. The number of amides is 1. The number of fused-ring (bicyclic) bond motifs is 1. The first-order chi connectivity index (χ1) is 18.3. The topological polar surface area (TPSA) is 76.1 Å². The fourth-order valence-corrected chi connectivity index (χ4v) is 4.94. The predicted molar refractivity (Wildman–Crippen MR) is 140 cm³/mol. The van der Waals surface area contributed by atoms with Crippen molar-refractivity contribution in [1.82, 2.24) is 0 Å². The van der Waals surface area contributed by atoms with Crippen LogP contribution >= 0.6 is 11.6 Å². The third-order valence-electron chi connectivity index (χ3n) is 6.47. The quantitative estimate of drug-likeness (QED) is 0.181. The van der Waals surface area contributed by atoms with Crippen molar-refractivity contribution in [3.63, 3.8) is 0 Å². The Labute approximate surface area is 221 Å². The first kappa shape index (κ1) is 25.2. The van der Waals surface area contributed by atoms with Crippen molar-refractivity contribution in [3.05, 3.63) is 106 Å². The van der Waals surface area contributed by atoms with Crippen LogP contribution in [0.25, 0.3) is 16.5 Å². The molecule has 0 radical (unpaired) electrons. The number of carbonyl (C=O) groups is 2. The van der Waals surface area contributed by atoms with Crippen LogP contribution in [0.3, 0.4) is 0 Å². The van der Waals surface area contributed by atoms with E-state index in [1.54, 1.807) is 18.2 Å². The molecule has 1 amide bonds. The summed E-state index contributed by atoms with van der Waals surface area (Å²) < 4.78 is 38.7. The summed E-state index contributed by atoms with van der Waals surface area (Å²) >= 11 is 6.22. The summed E-state index contributed by atoms with van der Waals surface area (Å²) in [7, 11) is 2.74. The van der Waals surface area contributed by atoms with Gasteiger partial charge in [-0.2, -0.15) is 0 Å². The zero-order valence-corrected chi connectivity index (χ0v) is 20.9. The molecule has 0 bridgehead atoms. The van der Waals surface area contributed by atoms with Crippen LogP contribution < -0.4 is 14.4 Å². The minimum absolute atomic E-state index is 0.0522. The van der Waals surface area contributed by atoms with Gasteiger partial charge in [0.05, 0.1) is 36.4 Å². The molecule has 38 heavy (non-hydrogen) atoms. The highest BCUT2D eigenvalue weighted by Gasteiger charge is 2.48. The van der Waals surface area contributed by atoms with Crippen LogP contribution in [-0.2, 0) is 9.59 Å². The van der Waals surface area contributed by atoms with Gasteiger partial charge in [-0.3, -0.25) is 14.5 Å². The summed E-state index contributed by atoms with van der Waals surface area (Å²) in [6.07, 6.45) is 0. The van der Waals surface area contributed by atoms with Gasteiger partial charge in [-0.1, -0.05) is 54.1 Å². The number of ketones is 1. The fraction of sp³-hybridized carbons (Fsp3) is 0.103. The van der Waals surface area contributed by atoms with Crippen molar-refractivity contribution < 1.29 is 33.0 Å². The molecule has 192 valence electrons. The molecule has 5 rings (SSSR count). The maximum atomic E-state index is 14.3. The third kappa shape index (κ3) is 4.03. The number of methoxy groups -OCH3 is 2. The van der Waals surface area contributed by atoms with E-state index in [1.165, 1.54) is 32.4 Å². The molecule has 1 aliphatic rings. The Morgan fingerprint density at radius 3 is 2.32 bits per heavy atom. The van der Waals surface area contributed by atoms with E-state index in [-0.39, 0.29) is 33.3 Å². The number of carbonyl (C=O) groups excluding carboxylic acids is 2. The van der Waals surface area contributed by atoms with Crippen LogP contribution in [0.15, 0.2) is 78.4 Å². The first-order valence-corrected chi connectivity index (χ1v) is 11.8. The Bertz CT molecular complexity index is 1650. The molecule has 1 saturated heterocycles. The lowest BCUT2D eigenvalue weighted by atomic mass is 9.91. The van der Waals surface area contributed by atoms with Gasteiger partial charge < -0.3 is 14.6 Å². The molecular formula is C29H20ClF2NO5. The Morgan fingerprint density at radius 1 is 0.895 bits per heavy atom. The molecule has 0 saturated carbocycles. The molecule has 1 aliphatic heterocycles. The van der Waals surface area contributed by atoms with Crippen molar-refractivity contribution in [2.45, 2.75) is 6.04 Å². The van der Waals surface area contributed by atoms with E-state index in [2.05, 4.69) is 0 Å². The smallest absolute Gasteiger partial charge is 0.300 e. The van der Waals surface area contributed by atoms with Crippen LogP contribution in [0, 0.1) is 11.6 Å². The number of halogens is 3. The molecule has 1 N–H and O–H groups in total. The molecule has 1 unspecified atom stereocenters. The SMILES string of the molecule is COc1cc(/C(O)=C2\C(=O)C(=O)N(c3ccc(F)c(F)c3)C2c2cccc3ccccc23)c(OC)cc1Cl. The second-order valence-electron chi connectivity index (χ2n) is 8.52. The van der Waals surface area contributed by atoms with Crippen molar-refractivity contribution in [2.75, 3.05) is 19.1 Å². The Balaban J connectivity index is 1.84. The monoisotopic (exact) mass is 535 g/mol. The highest BCUT2D eigenvalue weighted by atomic mass is 35.5. The minimum Gasteiger partial charge on any atom is -0.507 e. The number of anilines is 1. The summed E-state index contributed by atoms with van der Waals surface area (Å²) in [5, 5.41) is 13.3. The molecule has 1 heterocycles. The van der Waals surface area contributed by atoms with Crippen LogP contribution in [0.2, 0.25) is 5.02 Å². The zero-order chi connectivity index (χ0) is 27.1. The third-order valence-corrected chi connectivity index (χ3v) is 6.77. The molecular weight excluding hydrogens is 516 g/mol. The van der Waals surface area contributed by atoms with Gasteiger partial charge in [0.1, 0.15) is 17.3 Å². The van der Waals surface area contributed by atoms with E-state index >= 15 is 0 Å². The lowest BCUT2D eigenvalue weighted by Gasteiger charge is -2.26. The number of aliphatic hydroxyl groups excluding tert-OH is 1. The summed E-state index contributed by atoms with van der Waals surface area (Å²) in [4.78, 5) is 28.0. The minimum atomic E-state index is -1.19. The van der Waals surface area contributed by atoms with Gasteiger partial charge >= 0.3 is 0 Å². The van der Waals surface area contributed by atoms with E-state index in [4.69, 9.17) is 21.1 Å². The molecule has 1 atom stereocenters. The van der Waals surface area contributed by atoms with Gasteiger partial charge in [0.15, 0.2) is 11.6 Å². The van der Waals surface area contributed by atoms with Gasteiger partial charge in [-0.05, 0) is 34.5 Å². The number of nitrogens with zero attached hydrogens (tertiary/aromatic N) is 1. The zero-order valence-electron chi connectivity index (χ0n) is 20.2. The number of ether oxygens (including phenoxy) is 2. The maximum Gasteiger partial charge on any atom is 0.300 e. The van der Waals surface area contributed by atoms with Gasteiger partial charge in [-0.25, -0.2) is 8.78 Å². The molecule has 1 fully saturated rings. The van der Waals surface area contributed by atoms with Gasteiger partial charge in [-0.15, -0.1) is 0 Å². The summed E-state index contributed by atoms with van der Waals surface area (Å²) in [6.45, 7) is 0. The summed E-state index contributed by atoms with van der Waals surface area (Å²) in [5.41, 5.74) is 0.234. The van der Waals surface area contributed by atoms with Gasteiger partial charge in [0, 0.05) is 17.8 Å². The molecule has 6 nitrogen and oxygen atoms in total. The first-order valence-electron chi connectivity index (χ1n) is 11.4. The van der Waals surface area contributed by atoms with Gasteiger partial charge in [0.25, 0.3) is 11.7 Å². The lowest BCUT2D eigenvalue weighted by molar-refractivity contribution is -0.132. The fourth-order valence-electron chi connectivity index (χ4n) is 4.71. The van der Waals surface area contributed by atoms with Crippen molar-refractivity contribution in [1.29, 1.82) is 0 Å². The number of hydrogen-bond donors (Lipinski definition) is 1. The lowest BCUT2D eigenvalue weighted by Crippen LogP contribution is -2.29. The average Bonchev–Trinajstić information content (AvgIpc) is 3.19. The van der Waals surface area contributed by atoms with Crippen LogP contribution in [0.1, 0.15) is 17.2 Å². The maximum absolute atomic E-state index is 14.3. The van der Waals surface area contributed by atoms with Gasteiger partial charge in [0.2, 0.25) is 0 Å². The van der Waals surface area contributed by atoms with Crippen molar-refractivity contribution >= 4 is 45.5 Å². The molecule has 4 aromatic rings. The second-order valence-corrected chi connectivity index (χ2v) is 8.93. The molecule has 0 aliphatic carbocycles. The number of Topliss-reactive ketones (excluding diaryl/α,β-unsaturated/α-hetero) is 1. The molecule has 9 heteroatoms. The Hall–Kier alpha value is -4.43. The van der Waals surface area contributed by atoms with E-state index in [0.717, 1.165) is 22.4 Å². The van der Waals surface area contributed by atoms with Crippen molar-refractivity contribution in [2.24, 2.45) is 0 Å². The highest BCUT2D eigenvalue weighted by molar-refractivity contribution is 6.52. The number of aliphatic hydroxyl groups is 1.